The lowest BCUT2D eigenvalue weighted by atomic mass is 9.90. The number of hydrogen-bond acceptors (Lipinski definition) is 4. The van der Waals surface area contributed by atoms with Crippen molar-refractivity contribution in [3.8, 4) is 0 Å². The predicted molar refractivity (Wildman–Crippen MR) is 163 cm³/mol. The maximum absolute atomic E-state index is 6.92. The van der Waals surface area contributed by atoms with E-state index in [1.165, 1.54) is 18.4 Å². The maximum Gasteiger partial charge on any atom is 0.192 e. The van der Waals surface area contributed by atoms with Gasteiger partial charge in [-0.05, 0) is 101 Å². The van der Waals surface area contributed by atoms with Gasteiger partial charge in [0.2, 0.25) is 0 Å². The van der Waals surface area contributed by atoms with Crippen LogP contribution in [0.4, 0.5) is 0 Å². The van der Waals surface area contributed by atoms with E-state index >= 15 is 0 Å². The Kier molecular flexibility index (Phi) is 12.4. The van der Waals surface area contributed by atoms with Gasteiger partial charge in [-0.3, -0.25) is 0 Å². The third kappa shape index (κ3) is 11.0. The molecule has 1 aliphatic carbocycles. The molecule has 1 saturated carbocycles. The van der Waals surface area contributed by atoms with Crippen molar-refractivity contribution in [2.75, 3.05) is 6.61 Å². The minimum Gasteiger partial charge on any atom is -0.414 e. The molecular formula is C31H60O4Si2. The summed E-state index contributed by atoms with van der Waals surface area (Å²) in [6.45, 7) is 26.5. The standard InChI is InChI=1S/C31H60O4Si2/c1-25(33-29-20-16-17-21-32-29)18-14-12-13-15-19-26-22-27(34-36(8,9)30(2,3)4)24-28(23-26)35-37(10,11)31(5,6)7/h13,15,19,25,27-29H,12,14,16-18,20-24H2,1-11H3/t25?,27-,28-,29-/m1/s1. The van der Waals surface area contributed by atoms with Crippen molar-refractivity contribution in [3.63, 3.8) is 0 Å². The predicted octanol–water partition coefficient (Wildman–Crippen LogP) is 9.54. The molecule has 0 spiro atoms. The molecule has 0 aromatic carbocycles. The fourth-order valence-corrected chi connectivity index (χ4v) is 7.33. The van der Waals surface area contributed by atoms with Gasteiger partial charge in [0.15, 0.2) is 22.9 Å². The van der Waals surface area contributed by atoms with Crippen LogP contribution in [0.25, 0.3) is 0 Å². The Morgan fingerprint density at radius 2 is 1.49 bits per heavy atom. The van der Waals surface area contributed by atoms with E-state index < -0.39 is 16.6 Å². The van der Waals surface area contributed by atoms with Gasteiger partial charge in [-0.1, -0.05) is 65.3 Å². The van der Waals surface area contributed by atoms with Crippen LogP contribution in [0.3, 0.4) is 0 Å². The fraction of sp³-hybridized carbons (Fsp3) is 0.871. The van der Waals surface area contributed by atoms with Gasteiger partial charge in [-0.25, -0.2) is 0 Å². The molecule has 0 aromatic rings. The maximum atomic E-state index is 6.92. The van der Waals surface area contributed by atoms with Crippen molar-refractivity contribution < 1.29 is 18.3 Å². The Bertz CT molecular complexity index is 701. The molecule has 1 aliphatic heterocycles. The molecule has 0 N–H and O–H groups in total. The largest absolute Gasteiger partial charge is 0.414 e. The summed E-state index contributed by atoms with van der Waals surface area (Å²) in [5, 5.41) is 0.432. The van der Waals surface area contributed by atoms with Crippen LogP contribution in [0.2, 0.25) is 36.3 Å². The van der Waals surface area contributed by atoms with Crippen LogP contribution in [-0.2, 0) is 18.3 Å². The molecule has 2 rings (SSSR count). The second-order valence-corrected chi connectivity index (χ2v) is 24.1. The summed E-state index contributed by atoms with van der Waals surface area (Å²) in [5.74, 6) is 0. The van der Waals surface area contributed by atoms with Gasteiger partial charge in [0.25, 0.3) is 0 Å². The third-order valence-corrected chi connectivity index (χ3v) is 18.1. The third-order valence-electron chi connectivity index (χ3n) is 9.01. The van der Waals surface area contributed by atoms with Crippen molar-refractivity contribution in [1.82, 2.24) is 0 Å². The van der Waals surface area contributed by atoms with Crippen LogP contribution in [0, 0.1) is 0 Å². The zero-order chi connectivity index (χ0) is 27.9. The minimum atomic E-state index is -1.83. The van der Waals surface area contributed by atoms with Crippen LogP contribution < -0.4 is 0 Å². The van der Waals surface area contributed by atoms with Gasteiger partial charge in [0, 0.05) is 6.61 Å². The zero-order valence-electron chi connectivity index (χ0n) is 26.2. The number of ether oxygens (including phenoxy) is 2. The number of unbranched alkanes of at least 4 members (excludes halogenated alkanes) is 1. The second-order valence-electron chi connectivity index (χ2n) is 14.6. The van der Waals surface area contributed by atoms with E-state index in [0.29, 0.717) is 0 Å². The molecule has 216 valence electrons. The molecule has 2 fully saturated rings. The number of hydrogen-bond donors (Lipinski definition) is 0. The number of rotatable bonds is 11. The minimum absolute atomic E-state index is 0.0123. The lowest BCUT2D eigenvalue weighted by Gasteiger charge is -2.45. The highest BCUT2D eigenvalue weighted by atomic mass is 28.4. The second kappa shape index (κ2) is 13.9. The molecule has 37 heavy (non-hydrogen) atoms. The first-order chi connectivity index (χ1) is 17.0. The van der Waals surface area contributed by atoms with Crippen molar-refractivity contribution in [3.05, 3.63) is 23.8 Å². The molecule has 2 aliphatic rings. The van der Waals surface area contributed by atoms with Crippen LogP contribution in [0.5, 0.6) is 0 Å². The zero-order valence-corrected chi connectivity index (χ0v) is 28.2. The first kappa shape index (κ1) is 33.0. The van der Waals surface area contributed by atoms with Crippen LogP contribution >= 0.6 is 0 Å². The summed E-state index contributed by atoms with van der Waals surface area (Å²) in [7, 11) is -3.67. The van der Waals surface area contributed by atoms with Gasteiger partial charge in [0.1, 0.15) is 0 Å². The van der Waals surface area contributed by atoms with E-state index in [0.717, 1.165) is 51.6 Å². The van der Waals surface area contributed by atoms with E-state index in [1.54, 1.807) is 0 Å². The Morgan fingerprint density at radius 1 is 0.919 bits per heavy atom. The van der Waals surface area contributed by atoms with Crippen molar-refractivity contribution in [2.24, 2.45) is 0 Å². The molecule has 6 heteroatoms. The average Bonchev–Trinajstić information content (AvgIpc) is 2.74. The fourth-order valence-electron chi connectivity index (χ4n) is 4.60. The molecule has 0 bridgehead atoms. The molecule has 0 radical (unpaired) electrons. The monoisotopic (exact) mass is 552 g/mol. The number of allylic oxidation sites excluding steroid dienone is 3. The quantitative estimate of drug-likeness (QED) is 0.189. The van der Waals surface area contributed by atoms with Crippen molar-refractivity contribution in [2.45, 2.75) is 167 Å². The van der Waals surface area contributed by atoms with Crippen LogP contribution in [0.1, 0.15) is 106 Å². The molecule has 0 aromatic heterocycles. The van der Waals surface area contributed by atoms with Gasteiger partial charge < -0.3 is 18.3 Å². The summed E-state index contributed by atoms with van der Waals surface area (Å²) < 4.78 is 25.6. The summed E-state index contributed by atoms with van der Waals surface area (Å²) in [5.41, 5.74) is 1.47. The van der Waals surface area contributed by atoms with Gasteiger partial charge >= 0.3 is 0 Å². The Morgan fingerprint density at radius 3 is 1.97 bits per heavy atom. The molecule has 4 atom stereocenters. The van der Waals surface area contributed by atoms with E-state index in [-0.39, 0.29) is 34.7 Å². The summed E-state index contributed by atoms with van der Waals surface area (Å²) in [6, 6.07) is 0. The molecule has 1 unspecified atom stereocenters. The van der Waals surface area contributed by atoms with E-state index in [4.69, 9.17) is 18.3 Å². The first-order valence-corrected chi connectivity index (χ1v) is 20.8. The highest BCUT2D eigenvalue weighted by Gasteiger charge is 2.43. The molecule has 1 saturated heterocycles. The average molecular weight is 553 g/mol. The Balaban J connectivity index is 1.95. The molecule has 0 amide bonds. The molecular weight excluding hydrogens is 493 g/mol. The van der Waals surface area contributed by atoms with Crippen molar-refractivity contribution in [1.29, 1.82) is 0 Å². The Hall–Kier alpha value is -0.246. The smallest absolute Gasteiger partial charge is 0.192 e. The highest BCUT2D eigenvalue weighted by Crippen LogP contribution is 2.43. The SMILES string of the molecule is CC(CCCC=CC=C1C[C@@H](O[Si](C)(C)C(C)(C)C)C[C@H](O[Si](C)(C)C(C)(C)C)C1)O[C@@H]1CCCCO1. The summed E-state index contributed by atoms with van der Waals surface area (Å²) in [4.78, 5) is 0. The summed E-state index contributed by atoms with van der Waals surface area (Å²) in [6.07, 6.45) is 17.5. The van der Waals surface area contributed by atoms with Crippen LogP contribution in [0.15, 0.2) is 23.8 Å². The highest BCUT2D eigenvalue weighted by molar-refractivity contribution is 6.74. The Labute approximate surface area is 232 Å². The van der Waals surface area contributed by atoms with E-state index in [2.05, 4.69) is 92.9 Å². The first-order valence-electron chi connectivity index (χ1n) is 15.0. The van der Waals surface area contributed by atoms with Gasteiger partial charge in [-0.2, -0.15) is 0 Å². The topological polar surface area (TPSA) is 36.9 Å². The lowest BCUT2D eigenvalue weighted by molar-refractivity contribution is -0.185. The molecule has 4 nitrogen and oxygen atoms in total. The van der Waals surface area contributed by atoms with Gasteiger partial charge in [0.05, 0.1) is 18.3 Å². The van der Waals surface area contributed by atoms with E-state index in [9.17, 15) is 0 Å². The van der Waals surface area contributed by atoms with Crippen molar-refractivity contribution >= 4 is 16.6 Å². The van der Waals surface area contributed by atoms with Crippen LogP contribution in [-0.4, -0.2) is 47.8 Å². The van der Waals surface area contributed by atoms with E-state index in [1.807, 2.05) is 0 Å². The normalized spacial score (nSPS) is 25.5. The molecule has 1 heterocycles. The van der Waals surface area contributed by atoms with Gasteiger partial charge in [-0.15, -0.1) is 0 Å². The summed E-state index contributed by atoms with van der Waals surface area (Å²) >= 11 is 0. The lowest BCUT2D eigenvalue weighted by Crippen LogP contribution is -2.48.